The third-order valence-electron chi connectivity index (χ3n) is 5.21. The van der Waals surface area contributed by atoms with Crippen LogP contribution < -0.4 is 0 Å². The van der Waals surface area contributed by atoms with Crippen molar-refractivity contribution in [1.82, 2.24) is 14.9 Å². The first-order chi connectivity index (χ1) is 12.2. The summed E-state index contributed by atoms with van der Waals surface area (Å²) in [5.41, 5.74) is 4.68. The highest BCUT2D eigenvalue weighted by atomic mass is 16.2. The number of H-pyrrole nitrogens is 1. The van der Waals surface area contributed by atoms with Crippen molar-refractivity contribution < 1.29 is 4.79 Å². The van der Waals surface area contributed by atoms with E-state index in [0.29, 0.717) is 12.8 Å². The number of aromatic nitrogens is 2. The van der Waals surface area contributed by atoms with Crippen LogP contribution in [-0.4, -0.2) is 27.8 Å². The summed E-state index contributed by atoms with van der Waals surface area (Å²) in [6.07, 6.45) is 4.43. The highest BCUT2D eigenvalue weighted by Crippen LogP contribution is 2.33. The molecule has 0 fully saturated rings. The molecule has 128 valence electrons. The molecule has 25 heavy (non-hydrogen) atoms. The van der Waals surface area contributed by atoms with Crippen molar-refractivity contribution in [2.45, 2.75) is 38.1 Å². The van der Waals surface area contributed by atoms with Crippen LogP contribution in [0.1, 0.15) is 42.3 Å². The molecule has 4 nitrogen and oxygen atoms in total. The molecular weight excluding hydrogens is 310 g/mol. The summed E-state index contributed by atoms with van der Waals surface area (Å²) in [5.74, 6) is 1.06. The number of para-hydroxylation sites is 2. The average Bonchev–Trinajstić information content (AvgIpc) is 3.08. The quantitative estimate of drug-likeness (QED) is 0.783. The molecule has 1 aliphatic carbocycles. The van der Waals surface area contributed by atoms with Gasteiger partial charge in [0.2, 0.25) is 5.91 Å². The number of carbonyl (C=O) groups excluding carboxylic acids is 1. The maximum atomic E-state index is 12.7. The van der Waals surface area contributed by atoms with E-state index in [1.807, 2.05) is 36.2 Å². The molecule has 2 aromatic carbocycles. The zero-order valence-corrected chi connectivity index (χ0v) is 14.5. The van der Waals surface area contributed by atoms with E-state index in [4.69, 9.17) is 0 Å². The molecule has 1 aliphatic rings. The van der Waals surface area contributed by atoms with Crippen LogP contribution in [0.3, 0.4) is 0 Å². The lowest BCUT2D eigenvalue weighted by Gasteiger charge is -2.33. The molecule has 0 saturated heterocycles. The van der Waals surface area contributed by atoms with Crippen molar-refractivity contribution in [3.05, 3.63) is 65.5 Å². The van der Waals surface area contributed by atoms with Crippen LogP contribution >= 0.6 is 0 Å². The second kappa shape index (κ2) is 6.71. The summed E-state index contributed by atoms with van der Waals surface area (Å²) in [6, 6.07) is 16.7. The van der Waals surface area contributed by atoms with Crippen LogP contribution in [0.25, 0.3) is 11.0 Å². The first-order valence-electron chi connectivity index (χ1n) is 8.99. The summed E-state index contributed by atoms with van der Waals surface area (Å²) < 4.78 is 0. The largest absolute Gasteiger partial charge is 0.342 e. The molecule has 0 bridgehead atoms. The van der Waals surface area contributed by atoms with Crippen molar-refractivity contribution >= 4 is 16.9 Å². The number of rotatable bonds is 4. The Morgan fingerprint density at radius 3 is 2.88 bits per heavy atom. The summed E-state index contributed by atoms with van der Waals surface area (Å²) in [7, 11) is 1.94. The van der Waals surface area contributed by atoms with Crippen LogP contribution in [0.2, 0.25) is 0 Å². The minimum absolute atomic E-state index is 0.183. The zero-order chi connectivity index (χ0) is 17.2. The highest BCUT2D eigenvalue weighted by Gasteiger charge is 2.26. The average molecular weight is 333 g/mol. The van der Waals surface area contributed by atoms with Gasteiger partial charge in [-0.15, -0.1) is 0 Å². The molecule has 1 atom stereocenters. The van der Waals surface area contributed by atoms with Crippen molar-refractivity contribution in [2.24, 2.45) is 0 Å². The molecule has 1 amide bonds. The van der Waals surface area contributed by atoms with Gasteiger partial charge in [0.25, 0.3) is 0 Å². The van der Waals surface area contributed by atoms with E-state index >= 15 is 0 Å². The molecule has 0 aliphatic heterocycles. The fourth-order valence-corrected chi connectivity index (χ4v) is 3.83. The van der Waals surface area contributed by atoms with E-state index in [1.165, 1.54) is 11.1 Å². The molecule has 1 N–H and O–H groups in total. The normalized spacial score (nSPS) is 16.6. The Morgan fingerprint density at radius 1 is 1.20 bits per heavy atom. The van der Waals surface area contributed by atoms with Gasteiger partial charge in [-0.05, 0) is 42.5 Å². The van der Waals surface area contributed by atoms with Crippen molar-refractivity contribution in [2.75, 3.05) is 7.05 Å². The fraction of sp³-hybridized carbons (Fsp3) is 0.333. The third kappa shape index (κ3) is 3.16. The predicted molar refractivity (Wildman–Crippen MR) is 99.3 cm³/mol. The standard InChI is InChI=1S/C21H23N3O/c1-24(19-12-6-8-15-7-2-3-9-16(15)19)21(25)14-13-20-22-17-10-4-5-11-18(17)23-20/h2-5,7,9-11,19H,6,8,12-14H2,1H3,(H,22,23)/t19-/m1/s1. The Hall–Kier alpha value is -2.62. The van der Waals surface area contributed by atoms with Gasteiger partial charge < -0.3 is 9.88 Å². The van der Waals surface area contributed by atoms with Crippen LogP contribution in [0.5, 0.6) is 0 Å². The number of imidazole rings is 1. The maximum Gasteiger partial charge on any atom is 0.223 e. The predicted octanol–water partition coefficient (Wildman–Crippen LogP) is 4.03. The van der Waals surface area contributed by atoms with Crippen LogP contribution in [0.4, 0.5) is 0 Å². The van der Waals surface area contributed by atoms with Gasteiger partial charge in [0, 0.05) is 19.9 Å². The van der Waals surface area contributed by atoms with E-state index < -0.39 is 0 Å². The fourth-order valence-electron chi connectivity index (χ4n) is 3.83. The number of amides is 1. The smallest absolute Gasteiger partial charge is 0.223 e. The van der Waals surface area contributed by atoms with Crippen molar-refractivity contribution in [3.8, 4) is 0 Å². The molecule has 1 heterocycles. The van der Waals surface area contributed by atoms with Gasteiger partial charge in [-0.3, -0.25) is 4.79 Å². The van der Waals surface area contributed by atoms with E-state index in [9.17, 15) is 4.79 Å². The zero-order valence-electron chi connectivity index (χ0n) is 14.5. The van der Waals surface area contributed by atoms with Crippen molar-refractivity contribution in [1.29, 1.82) is 0 Å². The number of benzene rings is 2. The number of nitrogens with zero attached hydrogens (tertiary/aromatic N) is 2. The molecule has 3 aromatic rings. The molecule has 0 spiro atoms. The number of fused-ring (bicyclic) bond motifs is 2. The van der Waals surface area contributed by atoms with Gasteiger partial charge in [-0.2, -0.15) is 0 Å². The molecule has 4 heteroatoms. The first kappa shape index (κ1) is 15.9. The number of carbonyl (C=O) groups is 1. The van der Waals surface area contributed by atoms with Gasteiger partial charge in [0.05, 0.1) is 17.1 Å². The van der Waals surface area contributed by atoms with E-state index in [-0.39, 0.29) is 11.9 Å². The molecule has 0 radical (unpaired) electrons. The monoisotopic (exact) mass is 333 g/mol. The second-order valence-electron chi connectivity index (χ2n) is 6.81. The first-order valence-corrected chi connectivity index (χ1v) is 8.99. The minimum atomic E-state index is 0.183. The van der Waals surface area contributed by atoms with Crippen LogP contribution in [0, 0.1) is 0 Å². The SMILES string of the molecule is CN(C(=O)CCc1nc2ccccc2[nH]1)[C@@H]1CCCc2ccccc21. The molecule has 0 saturated carbocycles. The Balaban J connectivity index is 1.44. The molecule has 4 rings (SSSR count). The lowest BCUT2D eigenvalue weighted by Crippen LogP contribution is -2.33. The molecule has 1 aromatic heterocycles. The summed E-state index contributed by atoms with van der Waals surface area (Å²) >= 11 is 0. The number of aryl methyl sites for hydroxylation is 2. The van der Waals surface area contributed by atoms with Gasteiger partial charge in [-0.1, -0.05) is 36.4 Å². The lowest BCUT2D eigenvalue weighted by atomic mass is 9.87. The van der Waals surface area contributed by atoms with Crippen molar-refractivity contribution in [3.63, 3.8) is 0 Å². The van der Waals surface area contributed by atoms with Crippen LogP contribution in [-0.2, 0) is 17.6 Å². The van der Waals surface area contributed by atoms with E-state index in [0.717, 1.165) is 36.1 Å². The third-order valence-corrected chi connectivity index (χ3v) is 5.21. The van der Waals surface area contributed by atoms with Gasteiger partial charge in [0.15, 0.2) is 0 Å². The van der Waals surface area contributed by atoms with Gasteiger partial charge >= 0.3 is 0 Å². The van der Waals surface area contributed by atoms with Crippen LogP contribution in [0.15, 0.2) is 48.5 Å². The Labute approximate surface area is 147 Å². The summed E-state index contributed by atoms with van der Waals surface area (Å²) in [5, 5.41) is 0. The molecule has 0 unspecified atom stereocenters. The van der Waals surface area contributed by atoms with Gasteiger partial charge in [-0.25, -0.2) is 4.98 Å². The number of nitrogens with one attached hydrogen (secondary N) is 1. The van der Waals surface area contributed by atoms with E-state index in [2.05, 4.69) is 34.2 Å². The summed E-state index contributed by atoms with van der Waals surface area (Å²) in [6.45, 7) is 0. The maximum absolute atomic E-state index is 12.7. The topological polar surface area (TPSA) is 49.0 Å². The number of hydrogen-bond acceptors (Lipinski definition) is 2. The molecular formula is C21H23N3O. The Kier molecular flexibility index (Phi) is 4.26. The summed E-state index contributed by atoms with van der Waals surface area (Å²) in [4.78, 5) is 22.5. The highest BCUT2D eigenvalue weighted by molar-refractivity contribution is 5.77. The lowest BCUT2D eigenvalue weighted by molar-refractivity contribution is -0.132. The van der Waals surface area contributed by atoms with Gasteiger partial charge in [0.1, 0.15) is 5.82 Å². The Morgan fingerprint density at radius 2 is 2.00 bits per heavy atom. The number of aromatic amines is 1. The second-order valence-corrected chi connectivity index (χ2v) is 6.81. The van der Waals surface area contributed by atoms with E-state index in [1.54, 1.807) is 0 Å². The minimum Gasteiger partial charge on any atom is -0.342 e. The Bertz CT molecular complexity index is 866. The number of hydrogen-bond donors (Lipinski definition) is 1.